The fraction of sp³-hybridized carbons (Fsp3) is 0.565. The zero-order valence-corrected chi connectivity index (χ0v) is 35.5. The summed E-state index contributed by atoms with van der Waals surface area (Å²) in [7, 11) is -1.46. The molecule has 0 aliphatic heterocycles. The maximum Gasteiger partial charge on any atom is 0.407 e. The van der Waals surface area contributed by atoms with Gasteiger partial charge in [0, 0.05) is 18.9 Å². The van der Waals surface area contributed by atoms with Crippen LogP contribution in [-0.2, 0) is 33.4 Å². The molecule has 3 N–H and O–H groups in total. The maximum atomic E-state index is 15.3. The summed E-state index contributed by atoms with van der Waals surface area (Å²) in [4.78, 5) is 28.9. The molecule has 1 radical (unpaired) electrons. The Balaban J connectivity index is 1.53. The molecule has 0 unspecified atom stereocenters. The largest absolute Gasteiger partial charge is 0.489 e. The highest BCUT2D eigenvalue weighted by Crippen LogP contribution is 2.43. The van der Waals surface area contributed by atoms with Gasteiger partial charge >= 0.3 is 6.09 Å². The lowest BCUT2D eigenvalue weighted by molar-refractivity contribution is -0.142. The number of hydrogen-bond donors (Lipinski definition) is 3. The molecule has 2 aliphatic carbocycles. The maximum absolute atomic E-state index is 15.3. The summed E-state index contributed by atoms with van der Waals surface area (Å²) in [6.07, 6.45) is 6.63. The highest BCUT2D eigenvalue weighted by molar-refractivity contribution is 6.48. The lowest BCUT2D eigenvalue weighted by Crippen LogP contribution is -2.58. The van der Waals surface area contributed by atoms with Crippen LogP contribution in [0.2, 0.25) is 13.1 Å². The van der Waals surface area contributed by atoms with Crippen molar-refractivity contribution in [2.24, 2.45) is 17.3 Å². The summed E-state index contributed by atoms with van der Waals surface area (Å²) in [5, 5.41) is 18.0. The van der Waals surface area contributed by atoms with Crippen molar-refractivity contribution in [3.63, 3.8) is 0 Å². The number of benzene rings is 3. The Labute approximate surface area is 331 Å². The molecule has 3 aromatic carbocycles. The fourth-order valence-electron chi connectivity index (χ4n) is 8.53. The number of aliphatic hydroxyl groups excluding tert-OH is 1. The van der Waals surface area contributed by atoms with Crippen molar-refractivity contribution in [1.29, 1.82) is 0 Å². The molecule has 5 rings (SSSR count). The number of carbonyl (C=O) groups is 2. The van der Waals surface area contributed by atoms with Crippen molar-refractivity contribution >= 4 is 21.0 Å². The lowest BCUT2D eigenvalue weighted by Gasteiger charge is -2.45. The molecular formula is C46H65N2O6Si. The van der Waals surface area contributed by atoms with Gasteiger partial charge in [0.15, 0.2) is 0 Å². The van der Waals surface area contributed by atoms with E-state index in [0.29, 0.717) is 31.8 Å². The number of amides is 2. The SMILES string of the molecule is C[Si](C)O[C@@](Cc1ccc(OCc2ccccc2)cc1)(C[C@H]([C@H](CC1CCCCC1)NC(=O)OC(C)(C)C)C(C)(C)C)C(=O)N[C@H]1c2ccccc2C[C@H]1O. The molecule has 5 atom stereocenters. The molecule has 1 saturated carbocycles. The third kappa shape index (κ3) is 12.2. The van der Waals surface area contributed by atoms with Crippen LogP contribution in [0.3, 0.4) is 0 Å². The van der Waals surface area contributed by atoms with Gasteiger partial charge in [0.05, 0.1) is 12.1 Å². The second-order valence-electron chi connectivity index (χ2n) is 18.2. The zero-order chi connectivity index (χ0) is 39.8. The Morgan fingerprint density at radius 2 is 1.51 bits per heavy atom. The van der Waals surface area contributed by atoms with Gasteiger partial charge in [-0.25, -0.2) is 4.79 Å². The summed E-state index contributed by atoms with van der Waals surface area (Å²) >= 11 is 0. The van der Waals surface area contributed by atoms with E-state index in [9.17, 15) is 9.90 Å². The number of alkyl carbamates (subject to hydrolysis) is 1. The second-order valence-corrected chi connectivity index (χ2v) is 20.2. The Kier molecular flexibility index (Phi) is 14.3. The average Bonchev–Trinajstić information content (AvgIpc) is 3.43. The number of fused-ring (bicyclic) bond motifs is 1. The van der Waals surface area contributed by atoms with Gasteiger partial charge in [-0.1, -0.05) is 120 Å². The van der Waals surface area contributed by atoms with Gasteiger partial charge in [0.25, 0.3) is 5.91 Å². The van der Waals surface area contributed by atoms with Crippen molar-refractivity contribution < 1.29 is 28.6 Å². The third-order valence-corrected chi connectivity index (χ3v) is 11.9. The van der Waals surface area contributed by atoms with Crippen LogP contribution in [0.15, 0.2) is 78.9 Å². The Morgan fingerprint density at radius 1 is 0.855 bits per heavy atom. The summed E-state index contributed by atoms with van der Waals surface area (Å²) in [6, 6.07) is 25.1. The van der Waals surface area contributed by atoms with Crippen LogP contribution in [0, 0.1) is 17.3 Å². The summed E-state index contributed by atoms with van der Waals surface area (Å²) in [5.74, 6) is 0.801. The van der Waals surface area contributed by atoms with E-state index in [-0.39, 0.29) is 23.3 Å². The Hall–Kier alpha value is -3.66. The predicted molar refractivity (Wildman–Crippen MR) is 221 cm³/mol. The van der Waals surface area contributed by atoms with Crippen LogP contribution in [0.4, 0.5) is 4.79 Å². The van der Waals surface area contributed by atoms with E-state index in [2.05, 4.69) is 44.5 Å². The minimum absolute atomic E-state index is 0.164. The van der Waals surface area contributed by atoms with Crippen molar-refractivity contribution in [3.8, 4) is 5.75 Å². The average molecular weight is 770 g/mol. The minimum atomic E-state index is -1.46. The van der Waals surface area contributed by atoms with E-state index in [1.165, 1.54) is 19.3 Å². The van der Waals surface area contributed by atoms with E-state index >= 15 is 4.79 Å². The molecule has 0 bridgehead atoms. The molecule has 55 heavy (non-hydrogen) atoms. The number of hydrogen-bond acceptors (Lipinski definition) is 6. The number of aliphatic hydroxyl groups is 1. The highest BCUT2D eigenvalue weighted by Gasteiger charge is 2.49. The van der Waals surface area contributed by atoms with Crippen LogP contribution >= 0.6 is 0 Å². The molecule has 2 amide bonds. The molecule has 0 heterocycles. The smallest absolute Gasteiger partial charge is 0.407 e. The van der Waals surface area contributed by atoms with Gasteiger partial charge in [0.2, 0.25) is 9.04 Å². The summed E-state index contributed by atoms with van der Waals surface area (Å²) in [6.45, 7) is 16.8. The molecule has 3 aromatic rings. The molecule has 9 heteroatoms. The number of carbonyl (C=O) groups excluding carboxylic acids is 2. The van der Waals surface area contributed by atoms with Gasteiger partial charge < -0.3 is 29.6 Å². The van der Waals surface area contributed by atoms with E-state index in [1.807, 2.05) is 99.6 Å². The molecule has 0 aromatic heterocycles. The van der Waals surface area contributed by atoms with Gasteiger partial charge in [0.1, 0.15) is 23.6 Å². The first kappa shape index (κ1) is 42.5. The van der Waals surface area contributed by atoms with Crippen molar-refractivity contribution in [2.75, 3.05) is 0 Å². The summed E-state index contributed by atoms with van der Waals surface area (Å²) < 4.78 is 19.0. The van der Waals surface area contributed by atoms with E-state index in [1.54, 1.807) is 0 Å². The summed E-state index contributed by atoms with van der Waals surface area (Å²) in [5.41, 5.74) is 1.71. The fourth-order valence-corrected chi connectivity index (χ4v) is 9.56. The molecule has 0 saturated heterocycles. The number of nitrogens with one attached hydrogen (secondary N) is 2. The lowest BCUT2D eigenvalue weighted by atomic mass is 9.67. The topological polar surface area (TPSA) is 106 Å². The van der Waals surface area contributed by atoms with Crippen LogP contribution in [-0.4, -0.2) is 49.5 Å². The predicted octanol–water partition coefficient (Wildman–Crippen LogP) is 9.51. The normalized spacial score (nSPS) is 19.9. The first-order valence-corrected chi connectivity index (χ1v) is 22.7. The van der Waals surface area contributed by atoms with E-state index in [0.717, 1.165) is 47.3 Å². The van der Waals surface area contributed by atoms with E-state index < -0.39 is 38.5 Å². The number of ether oxygens (including phenoxy) is 2. The van der Waals surface area contributed by atoms with Gasteiger partial charge in [-0.15, -0.1) is 0 Å². The van der Waals surface area contributed by atoms with Crippen molar-refractivity contribution in [1.82, 2.24) is 10.6 Å². The van der Waals surface area contributed by atoms with Crippen molar-refractivity contribution in [3.05, 3.63) is 101 Å². The molecule has 8 nitrogen and oxygen atoms in total. The first-order chi connectivity index (χ1) is 26.0. The monoisotopic (exact) mass is 769 g/mol. The van der Waals surface area contributed by atoms with Gasteiger partial charge in [-0.2, -0.15) is 0 Å². The van der Waals surface area contributed by atoms with Crippen LogP contribution in [0.25, 0.3) is 0 Å². The molecule has 2 aliphatic rings. The quantitative estimate of drug-likeness (QED) is 0.133. The Morgan fingerprint density at radius 3 is 2.15 bits per heavy atom. The van der Waals surface area contributed by atoms with E-state index in [4.69, 9.17) is 13.9 Å². The molecule has 0 spiro atoms. The van der Waals surface area contributed by atoms with Gasteiger partial charge in [-0.3, -0.25) is 4.79 Å². The van der Waals surface area contributed by atoms with Crippen molar-refractivity contribution in [2.45, 2.75) is 148 Å². The number of rotatable bonds is 15. The van der Waals surface area contributed by atoms with Gasteiger partial charge in [-0.05, 0) is 98.3 Å². The van der Waals surface area contributed by atoms with Crippen LogP contribution in [0.1, 0.15) is 115 Å². The Bertz CT molecular complexity index is 1680. The zero-order valence-electron chi connectivity index (χ0n) is 34.5. The van der Waals surface area contributed by atoms with Crippen LogP contribution in [0.5, 0.6) is 5.75 Å². The third-order valence-electron chi connectivity index (χ3n) is 11.1. The van der Waals surface area contributed by atoms with Crippen LogP contribution < -0.4 is 15.4 Å². The molecular weight excluding hydrogens is 705 g/mol. The molecule has 1 fully saturated rings. The first-order valence-electron chi connectivity index (χ1n) is 20.3. The molecule has 299 valence electrons. The minimum Gasteiger partial charge on any atom is -0.489 e. The highest BCUT2D eigenvalue weighted by atomic mass is 28.3. The second kappa shape index (κ2) is 18.5. The standard InChI is InChI=1S/C46H65N2O6Si/c1-44(2,3)38(39(27-32-17-11-9-12-18-32)47-43(51)53-45(4,5)6)30-46(54-55(7)8,42(50)48-41-37-22-16-15-21-35(37)28-40(41)49)29-33-23-25-36(26-24-33)52-31-34-19-13-10-14-20-34/h10,13-16,19-26,32,38-41,49H,9,11-12,17-18,27-31H2,1-8H3,(H,47,51)(H,48,50)/t38-,39+,40-,41+,46+/m1/s1.